The third-order valence-corrected chi connectivity index (χ3v) is 6.89. The summed E-state index contributed by atoms with van der Waals surface area (Å²) in [7, 11) is -3.40. The number of hydrogen-bond donors (Lipinski definition) is 2. The Hall–Kier alpha value is -2.42. The van der Waals surface area contributed by atoms with Gasteiger partial charge in [-0.1, -0.05) is 29.8 Å². The fourth-order valence-electron chi connectivity index (χ4n) is 3.94. The van der Waals surface area contributed by atoms with E-state index in [2.05, 4.69) is 5.32 Å². The maximum atomic E-state index is 12.8. The Kier molecular flexibility index (Phi) is 7.92. The van der Waals surface area contributed by atoms with Crippen LogP contribution in [0.25, 0.3) is 0 Å². The Bertz CT molecular complexity index is 1090. The van der Waals surface area contributed by atoms with Gasteiger partial charge in [-0.25, -0.2) is 8.42 Å². The standard InChI is InChI=1S/C23H28ClN3O4S/c1-32(30,31)21-9-3-6-17(13-21)23(29)26-15-20-8-4-10-27(20)22(28)14-19(25)12-16-5-2-7-18(24)11-16/h2-3,5-7,9,11,13,19-20H,4,8,10,12,14-15,25H2,1H3,(H,26,29)/t19-,20+/m1/s1. The molecule has 1 aliphatic heterocycles. The molecule has 1 aliphatic rings. The predicted molar refractivity (Wildman–Crippen MR) is 124 cm³/mol. The number of nitrogens with zero attached hydrogens (tertiary/aromatic N) is 1. The number of nitrogens with two attached hydrogens (primary N) is 1. The normalized spacial score (nSPS) is 17.2. The predicted octanol–water partition coefficient (Wildman–Crippen LogP) is 2.42. The zero-order valence-corrected chi connectivity index (χ0v) is 19.5. The molecule has 2 aromatic rings. The first kappa shape index (κ1) is 24.2. The van der Waals surface area contributed by atoms with Crippen molar-refractivity contribution in [3.8, 4) is 0 Å². The average molecular weight is 478 g/mol. The van der Waals surface area contributed by atoms with E-state index in [-0.39, 0.29) is 40.8 Å². The maximum Gasteiger partial charge on any atom is 0.251 e. The lowest BCUT2D eigenvalue weighted by Crippen LogP contribution is -2.45. The van der Waals surface area contributed by atoms with Crippen molar-refractivity contribution in [3.63, 3.8) is 0 Å². The van der Waals surface area contributed by atoms with Gasteiger partial charge in [0, 0.05) is 48.4 Å². The van der Waals surface area contributed by atoms with E-state index >= 15 is 0 Å². The molecule has 0 radical (unpaired) electrons. The summed E-state index contributed by atoms with van der Waals surface area (Å²) in [6.45, 7) is 0.935. The van der Waals surface area contributed by atoms with Gasteiger partial charge < -0.3 is 16.0 Å². The number of nitrogens with one attached hydrogen (secondary N) is 1. The van der Waals surface area contributed by atoms with Crippen molar-refractivity contribution in [2.24, 2.45) is 5.73 Å². The van der Waals surface area contributed by atoms with Crippen LogP contribution in [0.4, 0.5) is 0 Å². The van der Waals surface area contributed by atoms with E-state index in [0.29, 0.717) is 24.5 Å². The molecule has 2 amide bonds. The van der Waals surface area contributed by atoms with E-state index < -0.39 is 9.84 Å². The van der Waals surface area contributed by atoms with Gasteiger partial charge in [-0.15, -0.1) is 0 Å². The molecule has 2 atom stereocenters. The lowest BCUT2D eigenvalue weighted by atomic mass is 10.0. The zero-order chi connectivity index (χ0) is 23.3. The highest BCUT2D eigenvalue weighted by atomic mass is 35.5. The van der Waals surface area contributed by atoms with Crippen molar-refractivity contribution in [1.82, 2.24) is 10.2 Å². The fraction of sp³-hybridized carbons (Fsp3) is 0.391. The monoisotopic (exact) mass is 477 g/mol. The van der Waals surface area contributed by atoms with Crippen LogP contribution in [-0.4, -0.2) is 56.6 Å². The van der Waals surface area contributed by atoms with Crippen LogP contribution in [0.3, 0.4) is 0 Å². The van der Waals surface area contributed by atoms with Gasteiger partial charge in [0.2, 0.25) is 5.91 Å². The Balaban J connectivity index is 1.55. The minimum absolute atomic E-state index is 0.0321. The number of halogens is 1. The van der Waals surface area contributed by atoms with Crippen LogP contribution >= 0.6 is 11.6 Å². The maximum absolute atomic E-state index is 12.8. The second-order valence-electron chi connectivity index (χ2n) is 8.19. The molecule has 0 saturated carbocycles. The molecule has 0 aliphatic carbocycles. The van der Waals surface area contributed by atoms with E-state index in [1.54, 1.807) is 17.0 Å². The molecule has 1 fully saturated rings. The van der Waals surface area contributed by atoms with Gasteiger partial charge in [-0.3, -0.25) is 9.59 Å². The highest BCUT2D eigenvalue weighted by Crippen LogP contribution is 2.20. The van der Waals surface area contributed by atoms with Crippen molar-refractivity contribution in [1.29, 1.82) is 0 Å². The second-order valence-corrected chi connectivity index (χ2v) is 10.6. The van der Waals surface area contributed by atoms with E-state index in [9.17, 15) is 18.0 Å². The van der Waals surface area contributed by atoms with Crippen LogP contribution in [0.15, 0.2) is 53.4 Å². The Morgan fingerprint density at radius 3 is 2.69 bits per heavy atom. The number of sulfone groups is 1. The fourth-order valence-corrected chi connectivity index (χ4v) is 4.82. The largest absolute Gasteiger partial charge is 0.350 e. The number of amides is 2. The molecule has 7 nitrogen and oxygen atoms in total. The minimum Gasteiger partial charge on any atom is -0.350 e. The zero-order valence-electron chi connectivity index (χ0n) is 18.0. The van der Waals surface area contributed by atoms with Gasteiger partial charge in [0.1, 0.15) is 0 Å². The molecule has 1 heterocycles. The van der Waals surface area contributed by atoms with Crippen molar-refractivity contribution in [3.05, 3.63) is 64.7 Å². The molecular formula is C23H28ClN3O4S. The van der Waals surface area contributed by atoms with Crippen LogP contribution in [0.5, 0.6) is 0 Å². The first-order chi connectivity index (χ1) is 15.1. The third-order valence-electron chi connectivity index (χ3n) is 5.54. The lowest BCUT2D eigenvalue weighted by Gasteiger charge is -2.26. The summed E-state index contributed by atoms with van der Waals surface area (Å²) in [6, 6.07) is 12.9. The molecule has 9 heteroatoms. The topological polar surface area (TPSA) is 110 Å². The molecule has 2 aromatic carbocycles. The van der Waals surface area contributed by atoms with E-state index in [1.807, 2.05) is 18.2 Å². The molecule has 0 unspecified atom stereocenters. The van der Waals surface area contributed by atoms with Crippen molar-refractivity contribution < 1.29 is 18.0 Å². The van der Waals surface area contributed by atoms with Crippen LogP contribution in [0.2, 0.25) is 5.02 Å². The lowest BCUT2D eigenvalue weighted by molar-refractivity contribution is -0.132. The summed E-state index contributed by atoms with van der Waals surface area (Å²) < 4.78 is 23.4. The van der Waals surface area contributed by atoms with Crippen molar-refractivity contribution in [2.45, 2.75) is 42.7 Å². The number of benzene rings is 2. The molecule has 0 spiro atoms. The molecule has 172 valence electrons. The highest BCUT2D eigenvalue weighted by molar-refractivity contribution is 7.90. The number of hydrogen-bond acceptors (Lipinski definition) is 5. The SMILES string of the molecule is CS(=O)(=O)c1cccc(C(=O)NC[C@@H]2CCCN2C(=O)C[C@H](N)Cc2cccc(Cl)c2)c1. The summed E-state index contributed by atoms with van der Waals surface area (Å²) in [5, 5.41) is 3.47. The van der Waals surface area contributed by atoms with Crippen LogP contribution in [0, 0.1) is 0 Å². The summed E-state index contributed by atoms with van der Waals surface area (Å²) in [6.07, 6.45) is 3.52. The first-order valence-electron chi connectivity index (χ1n) is 10.5. The second kappa shape index (κ2) is 10.5. The van der Waals surface area contributed by atoms with Crippen molar-refractivity contribution in [2.75, 3.05) is 19.3 Å². The summed E-state index contributed by atoms with van der Waals surface area (Å²) in [5.74, 6) is -0.400. The molecule has 3 N–H and O–H groups in total. The summed E-state index contributed by atoms with van der Waals surface area (Å²) >= 11 is 6.01. The molecule has 3 rings (SSSR count). The molecule has 32 heavy (non-hydrogen) atoms. The van der Waals surface area contributed by atoms with Gasteiger partial charge in [-0.2, -0.15) is 0 Å². The van der Waals surface area contributed by atoms with Gasteiger partial charge in [0.25, 0.3) is 5.91 Å². The van der Waals surface area contributed by atoms with Crippen LogP contribution < -0.4 is 11.1 Å². The Labute approximate surface area is 193 Å². The van der Waals surface area contributed by atoms with Gasteiger partial charge in [0.05, 0.1) is 4.90 Å². The number of carbonyl (C=O) groups is 2. The van der Waals surface area contributed by atoms with E-state index in [1.165, 1.54) is 18.2 Å². The number of carbonyl (C=O) groups excluding carboxylic acids is 2. The smallest absolute Gasteiger partial charge is 0.251 e. The molecular weight excluding hydrogens is 450 g/mol. The van der Waals surface area contributed by atoms with Crippen molar-refractivity contribution >= 4 is 33.3 Å². The summed E-state index contributed by atoms with van der Waals surface area (Å²) in [5.41, 5.74) is 7.46. The summed E-state index contributed by atoms with van der Waals surface area (Å²) in [4.78, 5) is 27.2. The first-order valence-corrected chi connectivity index (χ1v) is 12.8. The minimum atomic E-state index is -3.40. The Morgan fingerprint density at radius 1 is 1.22 bits per heavy atom. The van der Waals surface area contributed by atoms with Gasteiger partial charge >= 0.3 is 0 Å². The molecule has 0 bridgehead atoms. The van der Waals surface area contributed by atoms with Gasteiger partial charge in [0.15, 0.2) is 9.84 Å². The number of likely N-dealkylation sites (tertiary alicyclic amines) is 1. The van der Waals surface area contributed by atoms with E-state index in [0.717, 1.165) is 24.7 Å². The molecule has 0 aromatic heterocycles. The molecule has 1 saturated heterocycles. The third kappa shape index (κ3) is 6.54. The van der Waals surface area contributed by atoms with Gasteiger partial charge in [-0.05, 0) is 55.2 Å². The van der Waals surface area contributed by atoms with Crippen LogP contribution in [0.1, 0.15) is 35.2 Å². The Morgan fingerprint density at radius 2 is 1.97 bits per heavy atom. The average Bonchev–Trinajstić information content (AvgIpc) is 3.20. The van der Waals surface area contributed by atoms with Crippen LogP contribution in [-0.2, 0) is 21.1 Å². The quantitative estimate of drug-likeness (QED) is 0.606. The highest BCUT2D eigenvalue weighted by Gasteiger charge is 2.29. The van der Waals surface area contributed by atoms with E-state index in [4.69, 9.17) is 17.3 Å². The number of rotatable bonds is 8.